The molecule has 6 heteroatoms. The summed E-state index contributed by atoms with van der Waals surface area (Å²) >= 11 is 0. The zero-order valence-corrected chi connectivity index (χ0v) is 12.9. The van der Waals surface area contributed by atoms with Gasteiger partial charge in [-0.2, -0.15) is 13.2 Å². The van der Waals surface area contributed by atoms with Crippen molar-refractivity contribution in [3.63, 3.8) is 0 Å². The normalized spacial score (nSPS) is 13.0. The number of nitrogen functional groups attached to an aromatic ring is 1. The molecule has 1 atom stereocenters. The first-order valence-electron chi connectivity index (χ1n) is 7.43. The quantitative estimate of drug-likeness (QED) is 0.663. The molecular formula is C18H16F3N3. The molecule has 0 aliphatic carbocycles. The number of rotatable bonds is 3. The highest BCUT2D eigenvalue weighted by Gasteiger charge is 2.33. The number of benzene rings is 2. The van der Waals surface area contributed by atoms with E-state index >= 15 is 0 Å². The van der Waals surface area contributed by atoms with Crippen LogP contribution in [0.2, 0.25) is 0 Å². The Morgan fingerprint density at radius 1 is 1.04 bits per heavy atom. The Labute approximate surface area is 137 Å². The second-order valence-corrected chi connectivity index (χ2v) is 5.60. The van der Waals surface area contributed by atoms with Crippen molar-refractivity contribution in [1.82, 2.24) is 4.98 Å². The Balaban J connectivity index is 2.02. The van der Waals surface area contributed by atoms with Crippen molar-refractivity contribution in [2.75, 3.05) is 11.1 Å². The molecule has 3 aromatic rings. The molecule has 1 aromatic heterocycles. The van der Waals surface area contributed by atoms with Crippen LogP contribution in [0.25, 0.3) is 10.9 Å². The second kappa shape index (κ2) is 6.03. The van der Waals surface area contributed by atoms with Crippen LogP contribution in [0.3, 0.4) is 0 Å². The Bertz CT molecular complexity index is 858. The highest BCUT2D eigenvalue weighted by Crippen LogP contribution is 2.34. The second-order valence-electron chi connectivity index (χ2n) is 5.60. The van der Waals surface area contributed by atoms with E-state index in [-0.39, 0.29) is 6.04 Å². The number of anilines is 2. The minimum absolute atomic E-state index is 0.183. The summed E-state index contributed by atoms with van der Waals surface area (Å²) < 4.78 is 39.3. The fraction of sp³-hybridized carbons (Fsp3) is 0.167. The van der Waals surface area contributed by atoms with Gasteiger partial charge in [0.25, 0.3) is 0 Å². The number of fused-ring (bicyclic) bond motifs is 1. The van der Waals surface area contributed by atoms with Crippen molar-refractivity contribution < 1.29 is 13.2 Å². The number of alkyl halides is 3. The predicted octanol–water partition coefficient (Wildman–Crippen LogP) is 5.01. The molecule has 0 bridgehead atoms. The van der Waals surface area contributed by atoms with Gasteiger partial charge in [-0.25, -0.2) is 4.98 Å². The maximum atomic E-state index is 13.1. The molecule has 124 valence electrons. The molecule has 0 amide bonds. The molecule has 0 aliphatic rings. The van der Waals surface area contributed by atoms with Crippen molar-refractivity contribution in [2.45, 2.75) is 19.1 Å². The van der Waals surface area contributed by atoms with Crippen LogP contribution in [-0.4, -0.2) is 4.98 Å². The zero-order valence-electron chi connectivity index (χ0n) is 12.9. The summed E-state index contributed by atoms with van der Waals surface area (Å²) in [5.41, 5.74) is 7.03. The summed E-state index contributed by atoms with van der Waals surface area (Å²) in [6.45, 7) is 1.88. The largest absolute Gasteiger partial charge is 0.433 e. The number of halogens is 3. The summed E-state index contributed by atoms with van der Waals surface area (Å²) in [6.07, 6.45) is -4.50. The predicted molar refractivity (Wildman–Crippen MR) is 89.6 cm³/mol. The van der Waals surface area contributed by atoms with Crippen LogP contribution >= 0.6 is 0 Å². The van der Waals surface area contributed by atoms with Gasteiger partial charge in [0.05, 0.1) is 5.52 Å². The fourth-order valence-electron chi connectivity index (χ4n) is 2.54. The van der Waals surface area contributed by atoms with Crippen LogP contribution in [0.5, 0.6) is 0 Å². The number of pyridine rings is 1. The van der Waals surface area contributed by atoms with Crippen LogP contribution in [0.15, 0.2) is 54.6 Å². The van der Waals surface area contributed by atoms with Gasteiger partial charge < -0.3 is 11.1 Å². The van der Waals surface area contributed by atoms with E-state index in [4.69, 9.17) is 5.73 Å². The first-order chi connectivity index (χ1) is 11.3. The van der Waals surface area contributed by atoms with Crippen molar-refractivity contribution in [3.8, 4) is 0 Å². The van der Waals surface area contributed by atoms with Gasteiger partial charge in [-0.15, -0.1) is 0 Å². The van der Waals surface area contributed by atoms with Crippen molar-refractivity contribution in [2.24, 2.45) is 0 Å². The molecule has 0 radical (unpaired) electrons. The maximum absolute atomic E-state index is 13.1. The van der Waals surface area contributed by atoms with E-state index in [1.165, 1.54) is 0 Å². The Kier molecular flexibility index (Phi) is 4.05. The minimum Gasteiger partial charge on any atom is -0.399 e. The summed E-state index contributed by atoms with van der Waals surface area (Å²) in [5.74, 6) is 0. The molecular weight excluding hydrogens is 315 g/mol. The highest BCUT2D eigenvalue weighted by molar-refractivity contribution is 5.91. The molecule has 3 rings (SSSR count). The van der Waals surface area contributed by atoms with Gasteiger partial charge >= 0.3 is 6.18 Å². The number of para-hydroxylation sites is 1. The third-order valence-electron chi connectivity index (χ3n) is 3.82. The molecule has 1 heterocycles. The third kappa shape index (κ3) is 3.27. The Hall–Kier alpha value is -2.76. The molecule has 3 nitrogen and oxygen atoms in total. The zero-order chi connectivity index (χ0) is 17.3. The minimum atomic E-state index is -4.50. The van der Waals surface area contributed by atoms with Gasteiger partial charge in [0.2, 0.25) is 0 Å². The van der Waals surface area contributed by atoms with Crippen molar-refractivity contribution in [1.29, 1.82) is 0 Å². The monoisotopic (exact) mass is 331 g/mol. The van der Waals surface area contributed by atoms with E-state index < -0.39 is 11.9 Å². The van der Waals surface area contributed by atoms with Crippen molar-refractivity contribution in [3.05, 3.63) is 65.9 Å². The lowest BCUT2D eigenvalue weighted by Crippen LogP contribution is -2.12. The molecule has 2 aromatic carbocycles. The first-order valence-corrected chi connectivity index (χ1v) is 7.43. The molecule has 0 fully saturated rings. The molecule has 24 heavy (non-hydrogen) atoms. The summed E-state index contributed by atoms with van der Waals surface area (Å²) in [6, 6.07) is 14.9. The smallest absolute Gasteiger partial charge is 0.399 e. The lowest BCUT2D eigenvalue weighted by Gasteiger charge is -2.19. The molecule has 0 spiro atoms. The Morgan fingerprint density at radius 3 is 2.38 bits per heavy atom. The maximum Gasteiger partial charge on any atom is 0.433 e. The lowest BCUT2D eigenvalue weighted by molar-refractivity contribution is -0.140. The number of nitrogens with one attached hydrogen (secondary N) is 1. The van der Waals surface area contributed by atoms with Gasteiger partial charge in [0.15, 0.2) is 0 Å². The van der Waals surface area contributed by atoms with Crippen LogP contribution in [0.1, 0.15) is 24.2 Å². The number of nitrogens with zero attached hydrogens (tertiary/aromatic N) is 1. The van der Waals surface area contributed by atoms with Gasteiger partial charge in [0, 0.05) is 22.8 Å². The van der Waals surface area contributed by atoms with Gasteiger partial charge in [-0.3, -0.25) is 0 Å². The average molecular weight is 331 g/mol. The molecule has 0 saturated heterocycles. The van der Waals surface area contributed by atoms with Gasteiger partial charge in [0.1, 0.15) is 5.69 Å². The van der Waals surface area contributed by atoms with Crippen LogP contribution in [0.4, 0.5) is 24.5 Å². The van der Waals surface area contributed by atoms with E-state index in [1.807, 2.05) is 19.1 Å². The van der Waals surface area contributed by atoms with E-state index in [0.29, 0.717) is 22.3 Å². The van der Waals surface area contributed by atoms with E-state index in [9.17, 15) is 13.2 Å². The van der Waals surface area contributed by atoms with E-state index in [1.54, 1.807) is 36.4 Å². The van der Waals surface area contributed by atoms with Crippen LogP contribution < -0.4 is 11.1 Å². The van der Waals surface area contributed by atoms with Crippen LogP contribution in [0, 0.1) is 0 Å². The summed E-state index contributed by atoms with van der Waals surface area (Å²) in [4.78, 5) is 3.72. The van der Waals surface area contributed by atoms with Crippen molar-refractivity contribution >= 4 is 22.3 Å². The molecule has 3 N–H and O–H groups in total. The van der Waals surface area contributed by atoms with E-state index in [2.05, 4.69) is 10.3 Å². The van der Waals surface area contributed by atoms with Gasteiger partial charge in [-0.1, -0.05) is 30.3 Å². The van der Waals surface area contributed by atoms with Crippen LogP contribution in [-0.2, 0) is 6.18 Å². The topological polar surface area (TPSA) is 50.9 Å². The molecule has 0 saturated carbocycles. The van der Waals surface area contributed by atoms with E-state index in [0.717, 1.165) is 11.6 Å². The summed E-state index contributed by atoms with van der Waals surface area (Å²) in [7, 11) is 0. The third-order valence-corrected chi connectivity index (χ3v) is 3.82. The highest BCUT2D eigenvalue weighted by atomic mass is 19.4. The average Bonchev–Trinajstić information content (AvgIpc) is 2.54. The SMILES string of the molecule is CC(Nc1cc(C(F)(F)F)nc2ccccc12)c1ccc(N)cc1. The number of hydrogen-bond acceptors (Lipinski definition) is 3. The first kappa shape index (κ1) is 16.1. The molecule has 1 unspecified atom stereocenters. The fourth-order valence-corrected chi connectivity index (χ4v) is 2.54. The lowest BCUT2D eigenvalue weighted by atomic mass is 10.1. The number of aromatic nitrogens is 1. The number of nitrogens with two attached hydrogens (primary N) is 1. The van der Waals surface area contributed by atoms with Gasteiger partial charge in [-0.05, 0) is 36.8 Å². The molecule has 0 aliphatic heterocycles. The standard InChI is InChI=1S/C18H16F3N3/c1-11(12-6-8-13(22)9-7-12)23-16-10-17(18(19,20)21)24-15-5-3-2-4-14(15)16/h2-11H,22H2,1H3,(H,23,24). The summed E-state index contributed by atoms with van der Waals surface area (Å²) in [5, 5.41) is 3.80. The number of hydrogen-bond donors (Lipinski definition) is 2. The Morgan fingerprint density at radius 2 is 1.71 bits per heavy atom.